The summed E-state index contributed by atoms with van der Waals surface area (Å²) in [7, 11) is 0. The van der Waals surface area contributed by atoms with Crippen LogP contribution in [0, 0.1) is 0 Å². The molecule has 2 aliphatic rings. The zero-order chi connectivity index (χ0) is 21.0. The maximum atomic E-state index is 12.9. The number of imide groups is 1. The SMILES string of the molecule is CCOC(=O)c1ccc(N2C(=O)CC([NH+]3CCN(C(=O)OCC)CC3)C2=O)cc1. The molecule has 2 heterocycles. The summed E-state index contributed by atoms with van der Waals surface area (Å²) < 4.78 is 9.96. The summed E-state index contributed by atoms with van der Waals surface area (Å²) in [6, 6.07) is 5.80. The fourth-order valence-electron chi connectivity index (χ4n) is 3.72. The van der Waals surface area contributed by atoms with E-state index in [0.29, 0.717) is 44.0 Å². The molecule has 1 N–H and O–H groups in total. The molecule has 3 amide bonds. The molecule has 3 rings (SSSR count). The van der Waals surface area contributed by atoms with Crippen LogP contribution >= 0.6 is 0 Å². The van der Waals surface area contributed by atoms with Gasteiger partial charge in [-0.1, -0.05) is 0 Å². The Morgan fingerprint density at radius 1 is 1.03 bits per heavy atom. The predicted molar refractivity (Wildman–Crippen MR) is 103 cm³/mol. The number of rotatable bonds is 5. The number of amides is 3. The number of esters is 1. The fourth-order valence-corrected chi connectivity index (χ4v) is 3.72. The van der Waals surface area contributed by atoms with Crippen LogP contribution in [0.2, 0.25) is 0 Å². The molecule has 2 saturated heterocycles. The van der Waals surface area contributed by atoms with Crippen molar-refractivity contribution in [3.63, 3.8) is 0 Å². The second-order valence-corrected chi connectivity index (χ2v) is 6.94. The lowest BCUT2D eigenvalue weighted by molar-refractivity contribution is -0.918. The van der Waals surface area contributed by atoms with E-state index in [1.165, 1.54) is 4.90 Å². The first-order chi connectivity index (χ1) is 14.0. The Labute approximate surface area is 169 Å². The second kappa shape index (κ2) is 9.04. The molecule has 0 bridgehead atoms. The van der Waals surface area contributed by atoms with Crippen LogP contribution in [0.3, 0.4) is 0 Å². The number of hydrogen-bond donors (Lipinski definition) is 1. The van der Waals surface area contributed by atoms with Crippen LogP contribution in [0.1, 0.15) is 30.6 Å². The van der Waals surface area contributed by atoms with Crippen LogP contribution in [0.5, 0.6) is 0 Å². The number of nitrogens with one attached hydrogen (secondary N) is 1. The summed E-state index contributed by atoms with van der Waals surface area (Å²) in [4.78, 5) is 52.9. The third kappa shape index (κ3) is 4.40. The van der Waals surface area contributed by atoms with Crippen molar-refractivity contribution in [2.75, 3.05) is 44.3 Å². The number of carbonyl (C=O) groups excluding carboxylic acids is 4. The summed E-state index contributed by atoms with van der Waals surface area (Å²) in [5.41, 5.74) is 0.812. The van der Waals surface area contributed by atoms with Gasteiger partial charge in [0.15, 0.2) is 6.04 Å². The van der Waals surface area contributed by atoms with E-state index >= 15 is 0 Å². The topological polar surface area (TPSA) is 97.7 Å². The molecular weight excluding hydrogens is 378 g/mol. The van der Waals surface area contributed by atoms with Gasteiger partial charge < -0.3 is 14.4 Å². The fraction of sp³-hybridized carbons (Fsp3) is 0.500. The van der Waals surface area contributed by atoms with E-state index in [0.717, 1.165) is 4.90 Å². The number of nitrogens with zero attached hydrogens (tertiary/aromatic N) is 2. The van der Waals surface area contributed by atoms with E-state index in [1.54, 1.807) is 43.0 Å². The number of quaternary nitrogens is 1. The lowest BCUT2D eigenvalue weighted by Crippen LogP contribution is -3.19. The van der Waals surface area contributed by atoms with E-state index in [-0.39, 0.29) is 30.9 Å². The molecule has 1 aromatic carbocycles. The molecule has 1 unspecified atom stereocenters. The number of hydrogen-bond acceptors (Lipinski definition) is 6. The van der Waals surface area contributed by atoms with Gasteiger partial charge in [-0.25, -0.2) is 14.5 Å². The smallest absolute Gasteiger partial charge is 0.410 e. The van der Waals surface area contributed by atoms with Gasteiger partial charge in [-0.05, 0) is 38.1 Å². The highest BCUT2D eigenvalue weighted by Crippen LogP contribution is 2.23. The Morgan fingerprint density at radius 3 is 2.24 bits per heavy atom. The molecule has 0 aliphatic carbocycles. The van der Waals surface area contributed by atoms with Crippen molar-refractivity contribution in [3.8, 4) is 0 Å². The number of piperazine rings is 1. The maximum absolute atomic E-state index is 12.9. The van der Waals surface area contributed by atoms with E-state index in [2.05, 4.69) is 0 Å². The van der Waals surface area contributed by atoms with Gasteiger partial charge >= 0.3 is 12.1 Å². The lowest BCUT2D eigenvalue weighted by Gasteiger charge is -2.33. The zero-order valence-corrected chi connectivity index (χ0v) is 16.7. The molecule has 0 saturated carbocycles. The third-order valence-electron chi connectivity index (χ3n) is 5.21. The normalized spacial score (nSPS) is 20.1. The van der Waals surface area contributed by atoms with Gasteiger partial charge in [0.2, 0.25) is 5.91 Å². The molecule has 29 heavy (non-hydrogen) atoms. The van der Waals surface area contributed by atoms with Crippen LogP contribution in [-0.4, -0.2) is 74.2 Å². The number of anilines is 1. The molecule has 0 radical (unpaired) electrons. The largest absolute Gasteiger partial charge is 0.462 e. The van der Waals surface area contributed by atoms with Crippen molar-refractivity contribution in [1.82, 2.24) is 4.90 Å². The van der Waals surface area contributed by atoms with Gasteiger partial charge in [-0.2, -0.15) is 0 Å². The standard InChI is InChI=1S/C20H25N3O6/c1-3-28-19(26)14-5-7-15(8-6-14)23-17(24)13-16(18(23)25)21-9-11-22(12-10-21)20(27)29-4-2/h5-8,16H,3-4,9-13H2,1-2H3/p+1. The molecule has 9 nitrogen and oxygen atoms in total. The molecule has 2 aliphatic heterocycles. The number of carbonyl (C=O) groups is 4. The lowest BCUT2D eigenvalue weighted by atomic mass is 10.1. The summed E-state index contributed by atoms with van der Waals surface area (Å²) in [6.45, 7) is 6.22. The van der Waals surface area contributed by atoms with Crippen LogP contribution < -0.4 is 9.80 Å². The Morgan fingerprint density at radius 2 is 1.66 bits per heavy atom. The third-order valence-corrected chi connectivity index (χ3v) is 5.21. The molecule has 2 fully saturated rings. The summed E-state index contributed by atoms with van der Waals surface area (Å²) in [5.74, 6) is -0.956. The highest BCUT2D eigenvalue weighted by atomic mass is 16.6. The highest BCUT2D eigenvalue weighted by molar-refractivity contribution is 6.22. The molecule has 1 aromatic rings. The van der Waals surface area contributed by atoms with Crippen LogP contribution in [0.4, 0.5) is 10.5 Å². The monoisotopic (exact) mass is 404 g/mol. The average molecular weight is 404 g/mol. The van der Waals surface area contributed by atoms with E-state index in [4.69, 9.17) is 9.47 Å². The Balaban J connectivity index is 1.64. The van der Waals surface area contributed by atoms with Crippen molar-refractivity contribution in [2.24, 2.45) is 0 Å². The van der Waals surface area contributed by atoms with Gasteiger partial charge in [0.25, 0.3) is 5.91 Å². The average Bonchev–Trinajstić information content (AvgIpc) is 3.02. The van der Waals surface area contributed by atoms with Gasteiger partial charge in [-0.3, -0.25) is 14.5 Å². The molecule has 1 atom stereocenters. The van der Waals surface area contributed by atoms with Crippen LogP contribution in [0.25, 0.3) is 0 Å². The first-order valence-corrected chi connectivity index (χ1v) is 9.86. The maximum Gasteiger partial charge on any atom is 0.410 e. The summed E-state index contributed by atoms with van der Waals surface area (Å²) in [5, 5.41) is 0. The Bertz CT molecular complexity index is 786. The van der Waals surface area contributed by atoms with Crippen molar-refractivity contribution in [3.05, 3.63) is 29.8 Å². The minimum Gasteiger partial charge on any atom is -0.462 e. The first-order valence-electron chi connectivity index (χ1n) is 9.86. The highest BCUT2D eigenvalue weighted by Gasteiger charge is 2.46. The minimum absolute atomic E-state index is 0.132. The molecule has 156 valence electrons. The van der Waals surface area contributed by atoms with Crippen molar-refractivity contribution < 1.29 is 33.6 Å². The molecular formula is C20H26N3O6+. The Kier molecular flexibility index (Phi) is 6.48. The van der Waals surface area contributed by atoms with E-state index < -0.39 is 12.0 Å². The van der Waals surface area contributed by atoms with Crippen molar-refractivity contribution >= 4 is 29.6 Å². The second-order valence-electron chi connectivity index (χ2n) is 6.94. The van der Waals surface area contributed by atoms with Crippen LogP contribution in [-0.2, 0) is 19.1 Å². The van der Waals surface area contributed by atoms with E-state index in [9.17, 15) is 19.2 Å². The summed E-state index contributed by atoms with van der Waals surface area (Å²) >= 11 is 0. The Hall–Kier alpha value is -2.94. The van der Waals surface area contributed by atoms with Crippen LogP contribution in [0.15, 0.2) is 24.3 Å². The number of benzene rings is 1. The molecule has 9 heteroatoms. The minimum atomic E-state index is -0.462. The van der Waals surface area contributed by atoms with Gasteiger partial charge in [0, 0.05) is 0 Å². The number of ether oxygens (including phenoxy) is 2. The quantitative estimate of drug-likeness (QED) is 0.542. The first kappa shape index (κ1) is 20.8. The molecule has 0 aromatic heterocycles. The van der Waals surface area contributed by atoms with Gasteiger partial charge in [0.05, 0.1) is 57.1 Å². The van der Waals surface area contributed by atoms with E-state index in [1.807, 2.05) is 0 Å². The molecule has 0 spiro atoms. The van der Waals surface area contributed by atoms with Crippen molar-refractivity contribution in [1.29, 1.82) is 0 Å². The zero-order valence-electron chi connectivity index (χ0n) is 16.7. The van der Waals surface area contributed by atoms with Crippen molar-refractivity contribution in [2.45, 2.75) is 26.3 Å². The van der Waals surface area contributed by atoms with Gasteiger partial charge in [0.1, 0.15) is 0 Å². The predicted octanol–water partition coefficient (Wildman–Crippen LogP) is -0.148. The summed E-state index contributed by atoms with van der Waals surface area (Å²) in [6.07, 6.45) is -0.212. The van der Waals surface area contributed by atoms with Gasteiger partial charge in [-0.15, -0.1) is 0 Å².